The van der Waals surface area contributed by atoms with Crippen LogP contribution in [0.4, 0.5) is 8.78 Å². The molecule has 0 saturated carbocycles. The van der Waals surface area contributed by atoms with Crippen LogP contribution in [-0.2, 0) is 6.54 Å². The number of hydrogen-bond acceptors (Lipinski definition) is 4. The Hall–Kier alpha value is -2.35. The van der Waals surface area contributed by atoms with E-state index in [0.717, 1.165) is 5.56 Å². The molecule has 1 amide bonds. The van der Waals surface area contributed by atoms with Crippen molar-refractivity contribution in [2.45, 2.75) is 20.1 Å². The maximum atomic E-state index is 12.7. The van der Waals surface area contributed by atoms with E-state index in [2.05, 4.69) is 20.7 Å². The van der Waals surface area contributed by atoms with Gasteiger partial charge in [-0.1, -0.05) is 12.1 Å². The second kappa shape index (κ2) is 9.55. The smallest absolute Gasteiger partial charge is 0.387 e. The lowest BCUT2D eigenvalue weighted by Gasteiger charge is -2.19. The summed E-state index contributed by atoms with van der Waals surface area (Å²) < 4.78 is 40.2. The molecule has 146 valence electrons. The summed E-state index contributed by atoms with van der Waals surface area (Å²) in [5, 5.41) is 0. The lowest BCUT2D eigenvalue weighted by atomic mass is 10.1. The molecular formula is C19H20BrF2NO4. The fraction of sp³-hybridized carbons (Fsp3) is 0.316. The maximum Gasteiger partial charge on any atom is 0.387 e. The Bertz CT molecular complexity index is 784. The molecule has 0 saturated heterocycles. The van der Waals surface area contributed by atoms with Crippen LogP contribution in [-0.4, -0.2) is 38.2 Å². The van der Waals surface area contributed by atoms with Crippen molar-refractivity contribution in [1.29, 1.82) is 0 Å². The van der Waals surface area contributed by atoms with Crippen LogP contribution in [0.1, 0.15) is 22.8 Å². The molecule has 0 aromatic heterocycles. The highest BCUT2D eigenvalue weighted by atomic mass is 79.9. The first-order chi connectivity index (χ1) is 12.8. The molecule has 0 radical (unpaired) electrons. The van der Waals surface area contributed by atoms with Gasteiger partial charge in [-0.3, -0.25) is 4.79 Å². The molecule has 0 N–H and O–H groups in total. The number of nitrogens with zero attached hydrogens (tertiary/aromatic N) is 1. The molecule has 0 aliphatic carbocycles. The molecule has 0 heterocycles. The molecule has 2 aromatic carbocycles. The van der Waals surface area contributed by atoms with E-state index in [1.807, 2.05) is 6.92 Å². The average molecular weight is 444 g/mol. The number of benzene rings is 2. The summed E-state index contributed by atoms with van der Waals surface area (Å²) in [4.78, 5) is 14.3. The van der Waals surface area contributed by atoms with Crippen LogP contribution in [0.2, 0.25) is 0 Å². The topological polar surface area (TPSA) is 48.0 Å². The van der Waals surface area contributed by atoms with Crippen LogP contribution >= 0.6 is 15.9 Å². The molecule has 0 bridgehead atoms. The fourth-order valence-corrected chi connectivity index (χ4v) is 3.03. The molecule has 8 heteroatoms. The van der Waals surface area contributed by atoms with E-state index < -0.39 is 6.61 Å². The largest absolute Gasteiger partial charge is 0.493 e. The minimum Gasteiger partial charge on any atom is -0.493 e. The third-order valence-electron chi connectivity index (χ3n) is 3.68. The van der Waals surface area contributed by atoms with Gasteiger partial charge < -0.3 is 19.1 Å². The SMILES string of the molecule is CCOc1c(Br)cc(C(=O)N(C)Cc2ccc(OC(F)F)cc2)cc1OC. The molecular weight excluding hydrogens is 424 g/mol. The van der Waals surface area contributed by atoms with Gasteiger partial charge in [0.15, 0.2) is 11.5 Å². The summed E-state index contributed by atoms with van der Waals surface area (Å²) in [5.41, 5.74) is 1.21. The number of amides is 1. The number of carbonyl (C=O) groups is 1. The van der Waals surface area contributed by atoms with Crippen molar-refractivity contribution in [2.75, 3.05) is 20.8 Å². The fourth-order valence-electron chi connectivity index (χ4n) is 2.47. The van der Waals surface area contributed by atoms with Crippen molar-refractivity contribution in [3.8, 4) is 17.2 Å². The molecule has 0 atom stereocenters. The second-order valence-electron chi connectivity index (χ2n) is 5.61. The van der Waals surface area contributed by atoms with Gasteiger partial charge >= 0.3 is 6.61 Å². The summed E-state index contributed by atoms with van der Waals surface area (Å²) in [5.74, 6) is 0.846. The lowest BCUT2D eigenvalue weighted by molar-refractivity contribution is -0.0498. The first-order valence-electron chi connectivity index (χ1n) is 8.15. The molecule has 2 aromatic rings. The van der Waals surface area contributed by atoms with Crippen LogP contribution in [0.15, 0.2) is 40.9 Å². The van der Waals surface area contributed by atoms with E-state index >= 15 is 0 Å². The highest BCUT2D eigenvalue weighted by Crippen LogP contribution is 2.37. The Morgan fingerprint density at radius 2 is 1.89 bits per heavy atom. The standard InChI is InChI=1S/C19H20BrF2NO4/c1-4-26-17-15(20)9-13(10-16(17)25-3)18(24)23(2)11-12-5-7-14(8-6-12)27-19(21)22/h5-10,19H,4,11H2,1-3H3. The van der Waals surface area contributed by atoms with E-state index in [4.69, 9.17) is 9.47 Å². The molecule has 0 unspecified atom stereocenters. The number of carbonyl (C=O) groups excluding carboxylic acids is 1. The monoisotopic (exact) mass is 443 g/mol. The van der Waals surface area contributed by atoms with E-state index in [0.29, 0.717) is 34.7 Å². The zero-order valence-electron chi connectivity index (χ0n) is 15.2. The summed E-state index contributed by atoms with van der Waals surface area (Å²) in [6.07, 6.45) is 0. The van der Waals surface area contributed by atoms with Crippen molar-refractivity contribution in [1.82, 2.24) is 4.90 Å². The van der Waals surface area contributed by atoms with Gasteiger partial charge in [0.1, 0.15) is 5.75 Å². The number of rotatable bonds is 8. The number of methoxy groups -OCH3 is 1. The number of alkyl halides is 2. The summed E-state index contributed by atoms with van der Waals surface area (Å²) >= 11 is 3.40. The summed E-state index contributed by atoms with van der Waals surface area (Å²) in [6.45, 7) is -0.238. The quantitative estimate of drug-likeness (QED) is 0.591. The Labute approximate surface area is 165 Å². The molecule has 27 heavy (non-hydrogen) atoms. The number of ether oxygens (including phenoxy) is 3. The third kappa shape index (κ3) is 5.56. The zero-order chi connectivity index (χ0) is 20.0. The predicted molar refractivity (Wildman–Crippen MR) is 101 cm³/mol. The van der Waals surface area contributed by atoms with E-state index in [1.54, 1.807) is 31.3 Å². The van der Waals surface area contributed by atoms with Crippen LogP contribution < -0.4 is 14.2 Å². The van der Waals surface area contributed by atoms with Gasteiger partial charge in [-0.15, -0.1) is 0 Å². The van der Waals surface area contributed by atoms with Gasteiger partial charge in [-0.25, -0.2) is 0 Å². The van der Waals surface area contributed by atoms with Crippen molar-refractivity contribution < 1.29 is 27.8 Å². The molecule has 0 aliphatic rings. The first kappa shape index (κ1) is 21.0. The van der Waals surface area contributed by atoms with Crippen LogP contribution in [0.5, 0.6) is 17.2 Å². The molecule has 0 spiro atoms. The lowest BCUT2D eigenvalue weighted by Crippen LogP contribution is -2.26. The molecule has 5 nitrogen and oxygen atoms in total. The summed E-state index contributed by atoms with van der Waals surface area (Å²) in [6, 6.07) is 9.44. The minimum atomic E-state index is -2.87. The first-order valence-corrected chi connectivity index (χ1v) is 8.94. The second-order valence-corrected chi connectivity index (χ2v) is 6.46. The van der Waals surface area contributed by atoms with Gasteiger partial charge in [-0.2, -0.15) is 8.78 Å². The van der Waals surface area contributed by atoms with Crippen LogP contribution in [0, 0.1) is 0 Å². The van der Waals surface area contributed by atoms with E-state index in [9.17, 15) is 13.6 Å². The highest BCUT2D eigenvalue weighted by molar-refractivity contribution is 9.10. The zero-order valence-corrected chi connectivity index (χ0v) is 16.8. The van der Waals surface area contributed by atoms with Gasteiger partial charge in [0.05, 0.1) is 18.2 Å². The molecule has 2 rings (SSSR count). The Kier molecular flexibility index (Phi) is 7.41. The molecule has 0 aliphatic heterocycles. The van der Waals surface area contributed by atoms with Crippen molar-refractivity contribution in [3.05, 3.63) is 52.0 Å². The Morgan fingerprint density at radius 1 is 1.22 bits per heavy atom. The van der Waals surface area contributed by atoms with Crippen LogP contribution in [0.25, 0.3) is 0 Å². The van der Waals surface area contributed by atoms with Gasteiger partial charge in [0.2, 0.25) is 0 Å². The highest BCUT2D eigenvalue weighted by Gasteiger charge is 2.18. The van der Waals surface area contributed by atoms with E-state index in [-0.39, 0.29) is 11.7 Å². The van der Waals surface area contributed by atoms with E-state index in [1.165, 1.54) is 24.1 Å². The maximum absolute atomic E-state index is 12.7. The van der Waals surface area contributed by atoms with Crippen molar-refractivity contribution in [2.24, 2.45) is 0 Å². The number of hydrogen-bond donors (Lipinski definition) is 0. The normalized spacial score (nSPS) is 10.6. The van der Waals surface area contributed by atoms with Gasteiger partial charge in [0.25, 0.3) is 5.91 Å². The van der Waals surface area contributed by atoms with Gasteiger partial charge in [0, 0.05) is 19.2 Å². The Morgan fingerprint density at radius 3 is 2.44 bits per heavy atom. The van der Waals surface area contributed by atoms with Crippen molar-refractivity contribution >= 4 is 21.8 Å². The molecule has 0 fully saturated rings. The van der Waals surface area contributed by atoms with Crippen LogP contribution in [0.3, 0.4) is 0 Å². The average Bonchev–Trinajstić information content (AvgIpc) is 2.63. The third-order valence-corrected chi connectivity index (χ3v) is 4.27. The minimum absolute atomic E-state index is 0.0721. The van der Waals surface area contributed by atoms with Gasteiger partial charge in [-0.05, 0) is 52.7 Å². The Balaban J connectivity index is 2.13. The number of halogens is 3. The predicted octanol–water partition coefficient (Wildman–Crippen LogP) is 4.73. The van der Waals surface area contributed by atoms with Crippen molar-refractivity contribution in [3.63, 3.8) is 0 Å². The summed E-state index contributed by atoms with van der Waals surface area (Å²) in [7, 11) is 3.16.